The predicted molar refractivity (Wildman–Crippen MR) is 124 cm³/mol. The molecule has 0 amide bonds. The highest BCUT2D eigenvalue weighted by Gasteiger charge is 2.51. The van der Waals surface area contributed by atoms with Gasteiger partial charge in [-0.15, -0.1) is 13.2 Å². The molecular weight excluding hydrogens is 375 g/mol. The molecule has 0 aliphatic carbocycles. The smallest absolute Gasteiger partial charge is 0.456 e. The summed E-state index contributed by atoms with van der Waals surface area (Å²) < 4.78 is 18.0. The molecule has 1 aromatic carbocycles. The topological polar surface area (TPSA) is 44.8 Å². The van der Waals surface area contributed by atoms with Crippen molar-refractivity contribution < 1.29 is 18.8 Å². The lowest BCUT2D eigenvalue weighted by Gasteiger charge is -2.32. The highest BCUT2D eigenvalue weighted by molar-refractivity contribution is 6.45. The fourth-order valence-electron chi connectivity index (χ4n) is 3.65. The lowest BCUT2D eigenvalue weighted by molar-refractivity contribution is 0.00578. The van der Waals surface area contributed by atoms with E-state index in [1.54, 1.807) is 0 Å². The normalized spacial score (nSPS) is 18.7. The predicted octanol–water partition coefficient (Wildman–Crippen LogP) is 6.12. The Morgan fingerprint density at radius 2 is 1.73 bits per heavy atom. The lowest BCUT2D eigenvalue weighted by Crippen LogP contribution is -2.41. The van der Waals surface area contributed by atoms with Crippen LogP contribution in [0.3, 0.4) is 0 Å². The van der Waals surface area contributed by atoms with Crippen LogP contribution in [0.1, 0.15) is 82.3 Å². The fraction of sp³-hybridized carbons (Fsp3) is 0.560. The molecule has 0 saturated carbocycles. The summed E-state index contributed by atoms with van der Waals surface area (Å²) in [7, 11) is -0.290. The van der Waals surface area contributed by atoms with E-state index < -0.39 is 5.60 Å². The van der Waals surface area contributed by atoms with Crippen molar-refractivity contribution in [3.05, 3.63) is 60.2 Å². The molecule has 0 aromatic heterocycles. The van der Waals surface area contributed by atoms with Gasteiger partial charge in [0.25, 0.3) is 0 Å². The van der Waals surface area contributed by atoms with Gasteiger partial charge in [-0.05, 0) is 96.8 Å². The summed E-state index contributed by atoms with van der Waals surface area (Å²) in [6.45, 7) is 21.7. The second-order valence-corrected chi connectivity index (χ2v) is 10.1. The van der Waals surface area contributed by atoms with Gasteiger partial charge in [0.1, 0.15) is 5.60 Å². The maximum atomic E-state index is 12.5. The highest BCUT2D eigenvalue weighted by Crippen LogP contribution is 2.41. The minimum Gasteiger partial charge on any atom is -0.456 e. The molecule has 1 aliphatic rings. The van der Waals surface area contributed by atoms with E-state index in [2.05, 4.69) is 40.9 Å². The van der Waals surface area contributed by atoms with Crippen LogP contribution in [0.4, 0.5) is 0 Å². The van der Waals surface area contributed by atoms with Crippen molar-refractivity contribution in [2.45, 2.75) is 90.3 Å². The fourth-order valence-corrected chi connectivity index (χ4v) is 3.65. The first-order chi connectivity index (χ1) is 13.8. The van der Waals surface area contributed by atoms with Crippen molar-refractivity contribution in [1.29, 1.82) is 0 Å². The van der Waals surface area contributed by atoms with Gasteiger partial charge in [-0.25, -0.2) is 4.79 Å². The van der Waals surface area contributed by atoms with Crippen LogP contribution >= 0.6 is 0 Å². The number of hydrogen-bond acceptors (Lipinski definition) is 4. The minimum absolute atomic E-state index is 0.167. The van der Waals surface area contributed by atoms with Crippen LogP contribution in [0, 0.1) is 0 Å². The van der Waals surface area contributed by atoms with Crippen LogP contribution in [-0.4, -0.2) is 29.9 Å². The second kappa shape index (κ2) is 9.11. The third kappa shape index (κ3) is 5.86. The molecule has 1 aliphatic heterocycles. The zero-order chi connectivity index (χ0) is 22.7. The Morgan fingerprint density at radius 1 is 1.13 bits per heavy atom. The van der Waals surface area contributed by atoms with Gasteiger partial charge in [-0.3, -0.25) is 0 Å². The molecule has 2 rings (SSSR count). The van der Waals surface area contributed by atoms with Gasteiger partial charge in [-0.2, -0.15) is 0 Å². The average molecular weight is 412 g/mol. The summed E-state index contributed by atoms with van der Waals surface area (Å²) in [5.41, 5.74) is 1.53. The highest BCUT2D eigenvalue weighted by atomic mass is 16.7. The Balaban J connectivity index is 2.31. The summed E-state index contributed by atoms with van der Waals surface area (Å²) in [4.78, 5) is 12.5. The van der Waals surface area contributed by atoms with Crippen molar-refractivity contribution in [2.75, 3.05) is 0 Å². The first kappa shape index (κ1) is 24.4. The summed E-state index contributed by atoms with van der Waals surface area (Å²) >= 11 is 0. The quantitative estimate of drug-likeness (QED) is 0.293. The Morgan fingerprint density at radius 3 is 2.23 bits per heavy atom. The van der Waals surface area contributed by atoms with Crippen LogP contribution in [0.5, 0.6) is 0 Å². The molecule has 0 radical (unpaired) electrons. The molecule has 1 heterocycles. The second-order valence-electron chi connectivity index (χ2n) is 10.1. The van der Waals surface area contributed by atoms with Gasteiger partial charge in [0.2, 0.25) is 0 Å². The van der Waals surface area contributed by atoms with Gasteiger partial charge in [0.05, 0.1) is 16.8 Å². The molecule has 0 spiro atoms. The molecule has 1 atom stereocenters. The first-order valence-corrected chi connectivity index (χ1v) is 10.7. The largest absolute Gasteiger partial charge is 0.458 e. The van der Waals surface area contributed by atoms with E-state index in [1.165, 1.54) is 0 Å². The molecule has 30 heavy (non-hydrogen) atoms. The van der Waals surface area contributed by atoms with Gasteiger partial charge in [0, 0.05) is 0 Å². The Labute approximate surface area is 182 Å². The van der Waals surface area contributed by atoms with Gasteiger partial charge < -0.3 is 14.0 Å². The summed E-state index contributed by atoms with van der Waals surface area (Å²) in [5, 5.41) is 0. The van der Waals surface area contributed by atoms with Crippen molar-refractivity contribution in [1.82, 2.24) is 0 Å². The van der Waals surface area contributed by atoms with E-state index in [0.717, 1.165) is 23.9 Å². The number of carbonyl (C=O) groups excluding carboxylic acids is 1. The molecule has 0 N–H and O–H groups in total. The summed E-state index contributed by atoms with van der Waals surface area (Å²) in [6, 6.07) is 5.79. The number of allylic oxidation sites excluding steroid dienone is 2. The number of hydrogen-bond donors (Lipinski definition) is 0. The Kier molecular flexibility index (Phi) is 7.42. The zero-order valence-corrected chi connectivity index (χ0v) is 19.7. The van der Waals surface area contributed by atoms with Crippen LogP contribution < -0.4 is 0 Å². The minimum atomic E-state index is -0.531. The monoisotopic (exact) mass is 412 g/mol. The molecule has 4 nitrogen and oxygen atoms in total. The van der Waals surface area contributed by atoms with Gasteiger partial charge in [-0.1, -0.05) is 18.2 Å². The van der Waals surface area contributed by atoms with E-state index in [-0.39, 0.29) is 30.2 Å². The number of ether oxygens (including phenoxy) is 1. The molecule has 1 aromatic rings. The first-order valence-electron chi connectivity index (χ1n) is 10.7. The molecule has 0 bridgehead atoms. The van der Waals surface area contributed by atoms with E-state index in [0.29, 0.717) is 12.0 Å². The molecule has 1 unspecified atom stereocenters. The Bertz CT molecular complexity index is 773. The average Bonchev–Trinajstić information content (AvgIpc) is 2.80. The third-order valence-electron chi connectivity index (χ3n) is 5.81. The maximum Gasteiger partial charge on any atom is 0.458 e. The maximum absolute atomic E-state index is 12.5. The van der Waals surface area contributed by atoms with Crippen LogP contribution in [0.25, 0.3) is 0 Å². The summed E-state index contributed by atoms with van der Waals surface area (Å²) in [6.07, 6.45) is 5.96. The molecule has 1 fully saturated rings. The Hall–Kier alpha value is -1.85. The van der Waals surface area contributed by atoms with Gasteiger partial charge >= 0.3 is 13.1 Å². The SMILES string of the molecule is C=CCc1cc(C(=O)OC(C)(C)C)ccc1C(CC=C)CB1OC(C)(C)C(C)(C)O1. The van der Waals surface area contributed by atoms with E-state index >= 15 is 0 Å². The van der Waals surface area contributed by atoms with E-state index in [4.69, 9.17) is 14.0 Å². The van der Waals surface area contributed by atoms with Gasteiger partial charge in [0.15, 0.2) is 0 Å². The molecular formula is C25H37BO4. The molecule has 5 heteroatoms. The van der Waals surface area contributed by atoms with Crippen molar-refractivity contribution in [3.8, 4) is 0 Å². The molecule has 164 valence electrons. The van der Waals surface area contributed by atoms with Crippen molar-refractivity contribution in [2.24, 2.45) is 0 Å². The standard InChI is InChI=1S/C25H37BO4/c1-10-12-18-16-19(22(27)28-23(3,4)5)14-15-21(18)20(13-11-2)17-26-29-24(6,7)25(8,9)30-26/h10-11,14-16,20H,1-2,12-13,17H2,3-9H3. The lowest BCUT2D eigenvalue weighted by atomic mass is 9.72. The number of esters is 1. The van der Waals surface area contributed by atoms with Crippen molar-refractivity contribution in [3.63, 3.8) is 0 Å². The number of benzene rings is 1. The zero-order valence-electron chi connectivity index (χ0n) is 19.7. The van der Waals surface area contributed by atoms with E-state index in [9.17, 15) is 4.79 Å². The number of rotatable bonds is 8. The van der Waals surface area contributed by atoms with E-state index in [1.807, 2.05) is 51.1 Å². The molecule has 1 saturated heterocycles. The third-order valence-corrected chi connectivity index (χ3v) is 5.81. The van der Waals surface area contributed by atoms with Crippen LogP contribution in [-0.2, 0) is 20.5 Å². The van der Waals surface area contributed by atoms with Crippen LogP contribution in [0.15, 0.2) is 43.5 Å². The summed E-state index contributed by atoms with van der Waals surface area (Å²) in [5.74, 6) is -0.148. The number of carbonyl (C=O) groups is 1. The van der Waals surface area contributed by atoms with Crippen LogP contribution in [0.2, 0.25) is 6.32 Å². The van der Waals surface area contributed by atoms with Crippen molar-refractivity contribution >= 4 is 13.1 Å².